The molecule has 1 N–H and O–H groups in total. The lowest BCUT2D eigenvalue weighted by atomic mass is 10.2. The molecule has 0 unspecified atom stereocenters. The fourth-order valence-electron chi connectivity index (χ4n) is 3.31. The van der Waals surface area contributed by atoms with Crippen LogP contribution in [0.25, 0.3) is 0 Å². The summed E-state index contributed by atoms with van der Waals surface area (Å²) < 4.78 is 29.8. The molecule has 0 atom stereocenters. The summed E-state index contributed by atoms with van der Waals surface area (Å²) in [6.45, 7) is 6.55. The van der Waals surface area contributed by atoms with E-state index >= 15 is 0 Å². The van der Waals surface area contributed by atoms with E-state index in [0.717, 1.165) is 28.3 Å². The molecule has 0 spiro atoms. The first-order valence-electron chi connectivity index (χ1n) is 9.11. The highest BCUT2D eigenvalue weighted by Gasteiger charge is 2.32. The fraction of sp³-hybridized carbons (Fsp3) is 0.474. The molecule has 2 heterocycles. The van der Waals surface area contributed by atoms with Gasteiger partial charge >= 0.3 is 0 Å². The largest absolute Gasteiger partial charge is 0.349 e. The van der Waals surface area contributed by atoms with Crippen molar-refractivity contribution >= 4 is 15.9 Å². The molecule has 0 bridgehead atoms. The van der Waals surface area contributed by atoms with Gasteiger partial charge in [-0.05, 0) is 31.0 Å². The van der Waals surface area contributed by atoms with Gasteiger partial charge in [-0.2, -0.15) is 4.31 Å². The van der Waals surface area contributed by atoms with E-state index in [1.807, 2.05) is 37.6 Å². The van der Waals surface area contributed by atoms with Crippen molar-refractivity contribution in [2.75, 3.05) is 6.54 Å². The number of sulfonamides is 1. The fourth-order valence-corrected chi connectivity index (χ4v) is 5.02. The van der Waals surface area contributed by atoms with Crippen molar-refractivity contribution in [2.45, 2.75) is 51.6 Å². The lowest BCUT2D eigenvalue weighted by Crippen LogP contribution is -2.37. The lowest BCUT2D eigenvalue weighted by Gasteiger charge is -2.27. The molecule has 0 radical (unpaired) electrons. The van der Waals surface area contributed by atoms with Gasteiger partial charge in [0.05, 0.1) is 29.4 Å². The minimum absolute atomic E-state index is 0.0323. The highest BCUT2D eigenvalue weighted by atomic mass is 32.2. The Labute approximate surface area is 160 Å². The predicted molar refractivity (Wildman–Crippen MR) is 103 cm³/mol. The van der Waals surface area contributed by atoms with Crippen LogP contribution in [0.1, 0.15) is 41.7 Å². The number of imidazole rings is 1. The molecule has 146 valence electrons. The van der Waals surface area contributed by atoms with Gasteiger partial charge in [-0.1, -0.05) is 19.1 Å². The van der Waals surface area contributed by atoms with Gasteiger partial charge in [0, 0.05) is 26.4 Å². The number of nitrogens with zero attached hydrogens (tertiary/aromatic N) is 3. The van der Waals surface area contributed by atoms with Crippen molar-refractivity contribution in [1.29, 1.82) is 0 Å². The summed E-state index contributed by atoms with van der Waals surface area (Å²) in [5.41, 5.74) is 3.47. The first-order chi connectivity index (χ1) is 12.7. The molecule has 27 heavy (non-hydrogen) atoms. The van der Waals surface area contributed by atoms with E-state index in [1.165, 1.54) is 4.31 Å². The predicted octanol–water partition coefficient (Wildman–Crippen LogP) is 1.81. The Balaban J connectivity index is 1.86. The van der Waals surface area contributed by atoms with Gasteiger partial charge in [-0.25, -0.2) is 13.4 Å². The van der Waals surface area contributed by atoms with Crippen LogP contribution < -0.4 is 5.32 Å². The van der Waals surface area contributed by atoms with Crippen LogP contribution in [0.15, 0.2) is 23.1 Å². The highest BCUT2D eigenvalue weighted by Crippen LogP contribution is 2.27. The number of nitrogens with one attached hydrogen (secondary N) is 1. The zero-order valence-electron chi connectivity index (χ0n) is 16.2. The minimum Gasteiger partial charge on any atom is -0.349 e. The van der Waals surface area contributed by atoms with Gasteiger partial charge in [0.15, 0.2) is 0 Å². The molecule has 7 nitrogen and oxygen atoms in total. The topological polar surface area (TPSA) is 84.3 Å². The Hall–Kier alpha value is -2.19. The number of hydrogen-bond acceptors (Lipinski definition) is 4. The quantitative estimate of drug-likeness (QED) is 0.844. The van der Waals surface area contributed by atoms with E-state index in [9.17, 15) is 13.2 Å². The van der Waals surface area contributed by atoms with Crippen molar-refractivity contribution in [3.05, 3.63) is 46.5 Å². The van der Waals surface area contributed by atoms with Gasteiger partial charge in [0.2, 0.25) is 15.9 Å². The van der Waals surface area contributed by atoms with E-state index < -0.39 is 10.0 Å². The number of aryl methyl sites for hydroxylation is 2. The highest BCUT2D eigenvalue weighted by molar-refractivity contribution is 7.89. The molecule has 1 aromatic carbocycles. The van der Waals surface area contributed by atoms with E-state index in [-0.39, 0.29) is 12.5 Å². The Kier molecular flexibility index (Phi) is 5.39. The normalized spacial score (nSPS) is 14.8. The first kappa shape index (κ1) is 19.6. The second kappa shape index (κ2) is 7.44. The third-order valence-electron chi connectivity index (χ3n) is 5.04. The summed E-state index contributed by atoms with van der Waals surface area (Å²) in [7, 11) is -1.70. The van der Waals surface area contributed by atoms with Crippen LogP contribution in [-0.2, 0) is 41.4 Å². The number of amides is 1. The molecule has 0 fully saturated rings. The number of fused-ring (bicyclic) bond motifs is 1. The number of hydrogen-bond donors (Lipinski definition) is 1. The Morgan fingerprint density at radius 1 is 1.30 bits per heavy atom. The van der Waals surface area contributed by atoms with Gasteiger partial charge in [0.25, 0.3) is 0 Å². The Morgan fingerprint density at radius 2 is 2.04 bits per heavy atom. The third-order valence-corrected chi connectivity index (χ3v) is 7.03. The number of rotatable bonds is 5. The monoisotopic (exact) mass is 390 g/mol. The molecule has 3 rings (SSSR count). The van der Waals surface area contributed by atoms with E-state index in [0.29, 0.717) is 30.8 Å². The Bertz CT molecular complexity index is 979. The second-order valence-electron chi connectivity index (χ2n) is 6.97. The second-order valence-corrected chi connectivity index (χ2v) is 8.87. The molecule has 2 aromatic rings. The molecular formula is C19H26N4O3S. The average Bonchev–Trinajstić information content (AvgIpc) is 2.97. The van der Waals surface area contributed by atoms with Crippen molar-refractivity contribution in [1.82, 2.24) is 19.2 Å². The maximum atomic E-state index is 13.2. The molecule has 8 heteroatoms. The van der Waals surface area contributed by atoms with Crippen LogP contribution in [-0.4, -0.2) is 34.7 Å². The third kappa shape index (κ3) is 3.77. The van der Waals surface area contributed by atoms with Gasteiger partial charge < -0.3 is 9.88 Å². The van der Waals surface area contributed by atoms with Crippen LogP contribution in [0.3, 0.4) is 0 Å². The smallest absolute Gasteiger partial charge is 0.243 e. The number of carbonyl (C=O) groups excluding carboxylic acids is 1. The van der Waals surface area contributed by atoms with E-state index in [4.69, 9.17) is 0 Å². The van der Waals surface area contributed by atoms with Crippen molar-refractivity contribution in [3.8, 4) is 0 Å². The first-order valence-corrected chi connectivity index (χ1v) is 10.6. The van der Waals surface area contributed by atoms with Gasteiger partial charge in [-0.15, -0.1) is 0 Å². The van der Waals surface area contributed by atoms with Crippen molar-refractivity contribution in [2.24, 2.45) is 7.05 Å². The maximum absolute atomic E-state index is 13.2. The molecule has 1 aliphatic heterocycles. The summed E-state index contributed by atoms with van der Waals surface area (Å²) in [6, 6.07) is 5.49. The Morgan fingerprint density at radius 3 is 2.74 bits per heavy atom. The van der Waals surface area contributed by atoms with Crippen molar-refractivity contribution in [3.63, 3.8) is 0 Å². The lowest BCUT2D eigenvalue weighted by molar-refractivity contribution is -0.120. The molecule has 1 aliphatic rings. The van der Waals surface area contributed by atoms with Gasteiger partial charge in [-0.3, -0.25) is 4.79 Å². The summed E-state index contributed by atoms with van der Waals surface area (Å²) in [6.07, 6.45) is 0.987. The zero-order valence-corrected chi connectivity index (χ0v) is 17.1. The van der Waals surface area contributed by atoms with Crippen LogP contribution in [0.2, 0.25) is 0 Å². The van der Waals surface area contributed by atoms with Crippen LogP contribution in [0.5, 0.6) is 0 Å². The number of aromatic nitrogens is 2. The SMILES string of the molecule is CCC(=O)NCc1nc2c(n1C)CN(S(=O)(=O)c1cc(C)ccc1C)CC2. The van der Waals surface area contributed by atoms with E-state index in [2.05, 4.69) is 10.3 Å². The summed E-state index contributed by atoms with van der Waals surface area (Å²) >= 11 is 0. The summed E-state index contributed by atoms with van der Waals surface area (Å²) in [4.78, 5) is 16.5. The molecular weight excluding hydrogens is 364 g/mol. The minimum atomic E-state index is -3.57. The zero-order chi connectivity index (χ0) is 19.8. The molecule has 1 aromatic heterocycles. The number of benzene rings is 1. The van der Waals surface area contributed by atoms with Crippen molar-refractivity contribution < 1.29 is 13.2 Å². The summed E-state index contributed by atoms with van der Waals surface area (Å²) in [5, 5.41) is 2.83. The standard InChI is InChI=1S/C19H26N4O3S/c1-5-19(24)20-11-18-21-15-8-9-23(12-16(15)22(18)4)27(25,26)17-10-13(2)6-7-14(17)3/h6-7,10H,5,8-9,11-12H2,1-4H3,(H,20,24). The van der Waals surface area contributed by atoms with Crippen LogP contribution in [0, 0.1) is 13.8 Å². The average molecular weight is 391 g/mol. The van der Waals surface area contributed by atoms with Crippen LogP contribution in [0.4, 0.5) is 0 Å². The van der Waals surface area contributed by atoms with Crippen LogP contribution >= 0.6 is 0 Å². The molecule has 0 aliphatic carbocycles. The van der Waals surface area contributed by atoms with E-state index in [1.54, 1.807) is 13.0 Å². The maximum Gasteiger partial charge on any atom is 0.243 e. The number of carbonyl (C=O) groups is 1. The molecule has 0 saturated carbocycles. The molecule has 0 saturated heterocycles. The van der Waals surface area contributed by atoms with Gasteiger partial charge in [0.1, 0.15) is 5.82 Å². The summed E-state index contributed by atoms with van der Waals surface area (Å²) in [5.74, 6) is 0.711. The molecule has 1 amide bonds.